The molecule has 0 aliphatic rings. The zero-order chi connectivity index (χ0) is 11.7. The van der Waals surface area contributed by atoms with E-state index in [1.165, 1.54) is 0 Å². The van der Waals surface area contributed by atoms with Gasteiger partial charge in [-0.05, 0) is 41.9 Å². The molecule has 0 amide bonds. The first-order chi connectivity index (χ1) is 7.65. The number of ether oxygens (including phenoxy) is 1. The molecular weight excluding hydrogens is 272 g/mol. The number of carbonyl (C=O) groups is 1. The van der Waals surface area contributed by atoms with E-state index >= 15 is 0 Å². The first kappa shape index (κ1) is 11.1. The Hall–Kier alpha value is -1.36. The number of aromatic nitrogens is 2. The maximum atomic E-state index is 11.8. The van der Waals surface area contributed by atoms with Crippen molar-refractivity contribution in [1.82, 2.24) is 9.61 Å². The summed E-state index contributed by atoms with van der Waals surface area (Å²) in [6.45, 7) is 3.95. The molecule has 0 bridgehead atoms. The molecule has 0 radical (unpaired) electrons. The molecule has 0 fully saturated rings. The monoisotopic (exact) mass is 282 g/mol. The molecule has 2 aromatic rings. The molecular formula is C11H11BrN2O2. The Balaban J connectivity index is 2.65. The van der Waals surface area contributed by atoms with Gasteiger partial charge in [0.2, 0.25) is 0 Å². The number of pyridine rings is 1. The van der Waals surface area contributed by atoms with Crippen LogP contribution in [0.5, 0.6) is 0 Å². The zero-order valence-electron chi connectivity index (χ0n) is 9.03. The fraction of sp³-hybridized carbons (Fsp3) is 0.273. The molecule has 2 rings (SSSR count). The Kier molecular flexibility index (Phi) is 2.96. The van der Waals surface area contributed by atoms with Crippen LogP contribution in [-0.2, 0) is 4.74 Å². The average Bonchev–Trinajstić information content (AvgIpc) is 2.56. The van der Waals surface area contributed by atoms with Crippen LogP contribution < -0.4 is 0 Å². The van der Waals surface area contributed by atoms with E-state index in [1.807, 2.05) is 18.2 Å². The van der Waals surface area contributed by atoms with Crippen LogP contribution in [0.25, 0.3) is 5.52 Å². The Morgan fingerprint density at radius 2 is 2.31 bits per heavy atom. The maximum absolute atomic E-state index is 11.8. The molecule has 2 heterocycles. The highest BCUT2D eigenvalue weighted by atomic mass is 79.9. The van der Waals surface area contributed by atoms with Gasteiger partial charge in [0.25, 0.3) is 0 Å². The molecule has 0 saturated heterocycles. The van der Waals surface area contributed by atoms with Gasteiger partial charge in [-0.15, -0.1) is 0 Å². The molecule has 0 saturated carbocycles. The van der Waals surface area contributed by atoms with Crippen molar-refractivity contribution in [2.24, 2.45) is 0 Å². The molecule has 2 aromatic heterocycles. The molecule has 84 valence electrons. The largest absolute Gasteiger partial charge is 0.462 e. The van der Waals surface area contributed by atoms with Gasteiger partial charge in [0.1, 0.15) is 10.2 Å². The smallest absolute Gasteiger partial charge is 0.342 e. The SMILES string of the molecule is CCOC(=O)c1c(C)nn2c(Br)cccc12. The number of esters is 1. The first-order valence-electron chi connectivity index (χ1n) is 4.96. The van der Waals surface area contributed by atoms with Gasteiger partial charge in [-0.2, -0.15) is 5.10 Å². The van der Waals surface area contributed by atoms with Crippen molar-refractivity contribution in [2.45, 2.75) is 13.8 Å². The van der Waals surface area contributed by atoms with Crippen molar-refractivity contribution in [3.8, 4) is 0 Å². The van der Waals surface area contributed by atoms with Gasteiger partial charge >= 0.3 is 5.97 Å². The van der Waals surface area contributed by atoms with Crippen LogP contribution in [-0.4, -0.2) is 22.2 Å². The predicted octanol–water partition coefficient (Wildman–Crippen LogP) is 2.58. The van der Waals surface area contributed by atoms with E-state index in [1.54, 1.807) is 18.4 Å². The predicted molar refractivity (Wildman–Crippen MR) is 63.6 cm³/mol. The van der Waals surface area contributed by atoms with Crippen LogP contribution in [0.4, 0.5) is 0 Å². The van der Waals surface area contributed by atoms with E-state index in [0.717, 1.165) is 10.1 Å². The van der Waals surface area contributed by atoms with E-state index in [9.17, 15) is 4.79 Å². The van der Waals surface area contributed by atoms with Crippen molar-refractivity contribution < 1.29 is 9.53 Å². The summed E-state index contributed by atoms with van der Waals surface area (Å²) < 4.78 is 7.50. The van der Waals surface area contributed by atoms with Crippen LogP contribution in [0.1, 0.15) is 23.0 Å². The summed E-state index contributed by atoms with van der Waals surface area (Å²) in [6, 6.07) is 5.58. The maximum Gasteiger partial charge on any atom is 0.342 e. The van der Waals surface area contributed by atoms with Gasteiger partial charge in [-0.3, -0.25) is 0 Å². The Labute approximate surface area is 101 Å². The third-order valence-electron chi connectivity index (χ3n) is 2.27. The summed E-state index contributed by atoms with van der Waals surface area (Å²) in [5, 5.41) is 4.28. The summed E-state index contributed by atoms with van der Waals surface area (Å²) in [7, 11) is 0. The highest BCUT2D eigenvalue weighted by Gasteiger charge is 2.18. The minimum atomic E-state index is -0.326. The molecule has 0 aliphatic carbocycles. The summed E-state index contributed by atoms with van der Waals surface area (Å²) in [5.74, 6) is -0.326. The molecule has 0 aliphatic heterocycles. The minimum Gasteiger partial charge on any atom is -0.462 e. The number of carbonyl (C=O) groups excluding carboxylic acids is 1. The lowest BCUT2D eigenvalue weighted by atomic mass is 10.2. The van der Waals surface area contributed by atoms with Gasteiger partial charge in [0.05, 0.1) is 17.8 Å². The van der Waals surface area contributed by atoms with E-state index in [-0.39, 0.29) is 5.97 Å². The van der Waals surface area contributed by atoms with Crippen molar-refractivity contribution in [1.29, 1.82) is 0 Å². The zero-order valence-corrected chi connectivity index (χ0v) is 10.6. The van der Waals surface area contributed by atoms with E-state index in [2.05, 4.69) is 21.0 Å². The van der Waals surface area contributed by atoms with Crippen LogP contribution in [0, 0.1) is 6.92 Å². The lowest BCUT2D eigenvalue weighted by Gasteiger charge is -2.00. The fourth-order valence-electron chi connectivity index (χ4n) is 1.61. The summed E-state index contributed by atoms with van der Waals surface area (Å²) >= 11 is 3.38. The van der Waals surface area contributed by atoms with E-state index in [4.69, 9.17) is 4.74 Å². The normalized spacial score (nSPS) is 10.7. The molecule has 0 N–H and O–H groups in total. The Morgan fingerprint density at radius 1 is 1.56 bits per heavy atom. The summed E-state index contributed by atoms with van der Waals surface area (Å²) in [6.07, 6.45) is 0. The molecule has 5 heteroatoms. The van der Waals surface area contributed by atoms with Crippen LogP contribution in [0.15, 0.2) is 22.8 Å². The Bertz CT molecular complexity index is 548. The van der Waals surface area contributed by atoms with E-state index < -0.39 is 0 Å². The quantitative estimate of drug-likeness (QED) is 0.628. The lowest BCUT2D eigenvalue weighted by molar-refractivity contribution is 0.0528. The number of hydrogen-bond donors (Lipinski definition) is 0. The molecule has 0 unspecified atom stereocenters. The van der Waals surface area contributed by atoms with Crippen LogP contribution >= 0.6 is 15.9 Å². The third kappa shape index (κ3) is 1.71. The lowest BCUT2D eigenvalue weighted by Crippen LogP contribution is -2.05. The Morgan fingerprint density at radius 3 is 3.00 bits per heavy atom. The fourth-order valence-corrected chi connectivity index (χ4v) is 2.03. The van der Waals surface area contributed by atoms with Gasteiger partial charge in [0, 0.05) is 0 Å². The average molecular weight is 283 g/mol. The van der Waals surface area contributed by atoms with Gasteiger partial charge in [-0.1, -0.05) is 6.07 Å². The second kappa shape index (κ2) is 4.25. The molecule has 0 aromatic carbocycles. The molecule has 16 heavy (non-hydrogen) atoms. The van der Waals surface area contributed by atoms with Crippen molar-refractivity contribution in [3.05, 3.63) is 34.1 Å². The number of aryl methyl sites for hydroxylation is 1. The molecule has 0 atom stereocenters. The second-order valence-corrected chi connectivity index (χ2v) is 4.14. The minimum absolute atomic E-state index is 0.326. The number of fused-ring (bicyclic) bond motifs is 1. The standard InChI is InChI=1S/C11H11BrN2O2/c1-3-16-11(15)10-7(2)13-14-8(10)5-4-6-9(14)12/h4-6H,3H2,1-2H3. The van der Waals surface area contributed by atoms with Gasteiger partial charge in [-0.25, -0.2) is 9.31 Å². The molecule has 0 spiro atoms. The van der Waals surface area contributed by atoms with E-state index in [0.29, 0.717) is 17.9 Å². The van der Waals surface area contributed by atoms with Crippen molar-refractivity contribution >= 4 is 27.4 Å². The van der Waals surface area contributed by atoms with Crippen LogP contribution in [0.2, 0.25) is 0 Å². The third-order valence-corrected chi connectivity index (χ3v) is 2.87. The topological polar surface area (TPSA) is 43.6 Å². The first-order valence-corrected chi connectivity index (χ1v) is 5.75. The number of rotatable bonds is 2. The van der Waals surface area contributed by atoms with Crippen LogP contribution in [0.3, 0.4) is 0 Å². The summed E-state index contributed by atoms with van der Waals surface area (Å²) in [5.41, 5.74) is 1.96. The molecule has 4 nitrogen and oxygen atoms in total. The highest BCUT2D eigenvalue weighted by molar-refractivity contribution is 9.10. The van der Waals surface area contributed by atoms with Gasteiger partial charge in [0.15, 0.2) is 0 Å². The van der Waals surface area contributed by atoms with Crippen molar-refractivity contribution in [2.75, 3.05) is 6.61 Å². The number of nitrogens with zero attached hydrogens (tertiary/aromatic N) is 2. The number of hydrogen-bond acceptors (Lipinski definition) is 3. The highest BCUT2D eigenvalue weighted by Crippen LogP contribution is 2.20. The van der Waals surface area contributed by atoms with Crippen molar-refractivity contribution in [3.63, 3.8) is 0 Å². The summed E-state index contributed by atoms with van der Waals surface area (Å²) in [4.78, 5) is 11.8. The van der Waals surface area contributed by atoms with Gasteiger partial charge < -0.3 is 4.74 Å². The second-order valence-electron chi connectivity index (χ2n) is 3.33. The number of halogens is 1.